The van der Waals surface area contributed by atoms with E-state index in [-0.39, 0.29) is 0 Å². The molecule has 1 aliphatic heterocycles. The van der Waals surface area contributed by atoms with Crippen LogP contribution in [-0.2, 0) is 19.4 Å². The van der Waals surface area contributed by atoms with Crippen LogP contribution < -0.4 is 10.1 Å². The fraction of sp³-hybridized carbons (Fsp3) is 0.250. The molecule has 2 aromatic carbocycles. The third-order valence-corrected chi connectivity index (χ3v) is 4.72. The third-order valence-electron chi connectivity index (χ3n) is 4.41. The van der Waals surface area contributed by atoms with Gasteiger partial charge in [-0.2, -0.15) is 0 Å². The van der Waals surface area contributed by atoms with Crippen molar-refractivity contribution in [2.45, 2.75) is 19.4 Å². The highest BCUT2D eigenvalue weighted by atomic mass is 35.5. The van der Waals surface area contributed by atoms with Crippen LogP contribution in [0.2, 0.25) is 5.02 Å². The Bertz CT molecular complexity index is 864. The molecule has 0 spiro atoms. The highest BCUT2D eigenvalue weighted by molar-refractivity contribution is 6.35. The van der Waals surface area contributed by atoms with E-state index >= 15 is 0 Å². The monoisotopic (exact) mass is 338 g/mol. The first-order valence-corrected chi connectivity index (χ1v) is 8.67. The Balaban J connectivity index is 1.73. The molecule has 1 aromatic heterocycles. The van der Waals surface area contributed by atoms with Gasteiger partial charge in [0.25, 0.3) is 0 Å². The summed E-state index contributed by atoms with van der Waals surface area (Å²) in [5.74, 6) is 0.839. The van der Waals surface area contributed by atoms with Crippen LogP contribution in [0.25, 0.3) is 10.9 Å². The van der Waals surface area contributed by atoms with Gasteiger partial charge in [-0.25, -0.2) is 0 Å². The topological polar surface area (TPSA) is 34.1 Å². The molecule has 4 heteroatoms. The van der Waals surface area contributed by atoms with Gasteiger partial charge in [-0.3, -0.25) is 4.98 Å². The highest BCUT2D eigenvalue weighted by Gasteiger charge is 2.14. The number of hydrogen-bond acceptors (Lipinski definition) is 3. The van der Waals surface area contributed by atoms with Crippen molar-refractivity contribution in [3.63, 3.8) is 0 Å². The van der Waals surface area contributed by atoms with Crippen LogP contribution >= 0.6 is 11.6 Å². The number of pyridine rings is 1. The summed E-state index contributed by atoms with van der Waals surface area (Å²) in [6, 6.07) is 16.2. The number of halogens is 1. The van der Waals surface area contributed by atoms with Gasteiger partial charge in [0, 0.05) is 24.0 Å². The fourth-order valence-corrected chi connectivity index (χ4v) is 3.34. The normalized spacial score (nSPS) is 14.2. The smallest absolute Gasteiger partial charge is 0.129 e. The lowest BCUT2D eigenvalue weighted by molar-refractivity contribution is 0.310. The van der Waals surface area contributed by atoms with Gasteiger partial charge in [0.1, 0.15) is 12.4 Å². The zero-order valence-corrected chi connectivity index (χ0v) is 14.1. The van der Waals surface area contributed by atoms with Crippen molar-refractivity contribution >= 4 is 22.5 Å². The van der Waals surface area contributed by atoms with Crippen LogP contribution in [0.1, 0.15) is 16.8 Å². The maximum atomic E-state index is 6.40. The van der Waals surface area contributed by atoms with E-state index in [9.17, 15) is 0 Å². The summed E-state index contributed by atoms with van der Waals surface area (Å²) in [6.07, 6.45) is 1.93. The molecule has 1 aliphatic rings. The first kappa shape index (κ1) is 15.4. The predicted octanol–water partition coefficient (Wildman–Crippen LogP) is 4.16. The van der Waals surface area contributed by atoms with Crippen LogP contribution in [0.5, 0.6) is 5.75 Å². The molecule has 0 radical (unpaired) electrons. The quantitative estimate of drug-likeness (QED) is 0.778. The molecule has 0 aliphatic carbocycles. The lowest BCUT2D eigenvalue weighted by atomic mass is 10.0. The third kappa shape index (κ3) is 3.10. The summed E-state index contributed by atoms with van der Waals surface area (Å²) in [5, 5.41) is 5.10. The van der Waals surface area contributed by atoms with E-state index in [0.29, 0.717) is 11.6 Å². The van der Waals surface area contributed by atoms with Crippen LogP contribution in [0, 0.1) is 0 Å². The van der Waals surface area contributed by atoms with Crippen molar-refractivity contribution < 1.29 is 4.74 Å². The SMILES string of the molecule is Clc1ccc(OCc2ccccc2)c2cc3c(nc12)CCNCC3. The first-order valence-electron chi connectivity index (χ1n) is 8.30. The van der Waals surface area contributed by atoms with Gasteiger partial charge >= 0.3 is 0 Å². The Morgan fingerprint density at radius 2 is 1.88 bits per heavy atom. The number of ether oxygens (including phenoxy) is 1. The van der Waals surface area contributed by atoms with Crippen molar-refractivity contribution in [2.75, 3.05) is 13.1 Å². The van der Waals surface area contributed by atoms with Crippen LogP contribution in [-0.4, -0.2) is 18.1 Å². The zero-order chi connectivity index (χ0) is 16.4. The van der Waals surface area contributed by atoms with Gasteiger partial charge in [-0.1, -0.05) is 41.9 Å². The molecule has 24 heavy (non-hydrogen) atoms. The molecule has 0 saturated heterocycles. The van der Waals surface area contributed by atoms with Crippen LogP contribution in [0.4, 0.5) is 0 Å². The second-order valence-corrected chi connectivity index (χ2v) is 6.47. The maximum absolute atomic E-state index is 6.40. The second kappa shape index (κ2) is 6.80. The summed E-state index contributed by atoms with van der Waals surface area (Å²) in [6.45, 7) is 2.49. The van der Waals surface area contributed by atoms with Crippen molar-refractivity contribution in [1.29, 1.82) is 0 Å². The minimum Gasteiger partial charge on any atom is -0.488 e. The van der Waals surface area contributed by atoms with E-state index in [1.807, 2.05) is 30.3 Å². The summed E-state index contributed by atoms with van der Waals surface area (Å²) in [5.41, 5.74) is 4.42. The largest absolute Gasteiger partial charge is 0.488 e. The summed E-state index contributed by atoms with van der Waals surface area (Å²) < 4.78 is 6.07. The van der Waals surface area contributed by atoms with Crippen LogP contribution in [0.3, 0.4) is 0 Å². The molecule has 4 rings (SSSR count). The second-order valence-electron chi connectivity index (χ2n) is 6.06. The lowest BCUT2D eigenvalue weighted by Crippen LogP contribution is -2.16. The number of rotatable bonds is 3. The van der Waals surface area contributed by atoms with Gasteiger partial charge in [-0.15, -0.1) is 0 Å². The average Bonchev–Trinajstić information content (AvgIpc) is 2.86. The highest BCUT2D eigenvalue weighted by Crippen LogP contribution is 2.32. The molecule has 0 saturated carbocycles. The molecule has 0 unspecified atom stereocenters. The molecule has 122 valence electrons. The molecule has 3 nitrogen and oxygen atoms in total. The van der Waals surface area contributed by atoms with Crippen molar-refractivity contribution in [3.05, 3.63) is 70.4 Å². The van der Waals surface area contributed by atoms with Crippen molar-refractivity contribution in [3.8, 4) is 5.75 Å². The van der Waals surface area contributed by atoms with E-state index in [2.05, 4.69) is 23.5 Å². The molecule has 1 N–H and O–H groups in total. The molecule has 2 heterocycles. The van der Waals surface area contributed by atoms with Gasteiger partial charge in [0.2, 0.25) is 0 Å². The maximum Gasteiger partial charge on any atom is 0.129 e. The minimum atomic E-state index is 0.538. The average molecular weight is 339 g/mol. The van der Waals surface area contributed by atoms with Gasteiger partial charge < -0.3 is 10.1 Å². The van der Waals surface area contributed by atoms with Gasteiger partial charge in [0.05, 0.1) is 10.5 Å². The zero-order valence-electron chi connectivity index (χ0n) is 13.4. The molecular weight excluding hydrogens is 320 g/mol. The van der Waals surface area contributed by atoms with Gasteiger partial charge in [-0.05, 0) is 42.3 Å². The molecule has 0 bridgehead atoms. The lowest BCUT2D eigenvalue weighted by Gasteiger charge is -2.13. The summed E-state index contributed by atoms with van der Waals surface area (Å²) >= 11 is 6.40. The molecule has 0 atom stereocenters. The van der Waals surface area contributed by atoms with Crippen molar-refractivity contribution in [1.82, 2.24) is 10.3 Å². The Morgan fingerprint density at radius 1 is 1.04 bits per heavy atom. The number of benzene rings is 2. The number of aromatic nitrogens is 1. The van der Waals surface area contributed by atoms with E-state index < -0.39 is 0 Å². The van der Waals surface area contributed by atoms with E-state index in [1.165, 1.54) is 5.56 Å². The molecule has 0 amide bonds. The van der Waals surface area contributed by atoms with Crippen LogP contribution in [0.15, 0.2) is 48.5 Å². The minimum absolute atomic E-state index is 0.538. The van der Waals surface area contributed by atoms with Crippen molar-refractivity contribution in [2.24, 2.45) is 0 Å². The Morgan fingerprint density at radius 3 is 2.75 bits per heavy atom. The Kier molecular flexibility index (Phi) is 4.37. The van der Waals surface area contributed by atoms with Gasteiger partial charge in [0.15, 0.2) is 0 Å². The van der Waals surface area contributed by atoms with E-state index in [0.717, 1.165) is 53.8 Å². The number of nitrogens with zero attached hydrogens (tertiary/aromatic N) is 1. The number of hydrogen-bond donors (Lipinski definition) is 1. The Labute approximate surface area is 146 Å². The molecular formula is C20H19ClN2O. The summed E-state index contributed by atoms with van der Waals surface area (Å²) in [4.78, 5) is 4.84. The van der Waals surface area contributed by atoms with E-state index in [4.69, 9.17) is 21.3 Å². The molecule has 0 fully saturated rings. The summed E-state index contributed by atoms with van der Waals surface area (Å²) in [7, 11) is 0. The van der Waals surface area contributed by atoms with E-state index in [1.54, 1.807) is 0 Å². The number of fused-ring (bicyclic) bond motifs is 2. The fourth-order valence-electron chi connectivity index (χ4n) is 3.13. The Hall–Kier alpha value is -2.10. The predicted molar refractivity (Wildman–Crippen MR) is 97.8 cm³/mol. The molecule has 3 aromatic rings. The standard InChI is InChI=1S/C20H19ClN2O/c21-17-6-7-19(24-13-14-4-2-1-3-5-14)16-12-15-8-10-22-11-9-18(15)23-20(16)17/h1-7,12,22H,8-11,13H2. The first-order chi connectivity index (χ1) is 11.8. The number of nitrogens with one attached hydrogen (secondary N) is 1.